The number of rotatable bonds is 6. The van der Waals surface area contributed by atoms with Gasteiger partial charge in [-0.1, -0.05) is 12.1 Å². The van der Waals surface area contributed by atoms with Crippen LogP contribution in [0.25, 0.3) is 0 Å². The molecule has 1 aromatic rings. The normalized spacial score (nSPS) is 12.8. The molecule has 0 fully saturated rings. The van der Waals surface area contributed by atoms with Gasteiger partial charge in [0.25, 0.3) is 0 Å². The van der Waals surface area contributed by atoms with Crippen molar-refractivity contribution in [1.29, 1.82) is 0 Å². The molecule has 112 valence electrons. The Morgan fingerprint density at radius 1 is 1.35 bits per heavy atom. The molecule has 0 bridgehead atoms. The van der Waals surface area contributed by atoms with Crippen LogP contribution in [0.15, 0.2) is 24.3 Å². The predicted molar refractivity (Wildman–Crippen MR) is 69.4 cm³/mol. The highest BCUT2D eigenvalue weighted by atomic mass is 19.4. The third-order valence-electron chi connectivity index (χ3n) is 2.50. The fourth-order valence-electron chi connectivity index (χ4n) is 1.68. The van der Waals surface area contributed by atoms with Crippen LogP contribution in [0, 0.1) is 0 Å². The highest BCUT2D eigenvalue weighted by Crippen LogP contribution is 2.34. The molecule has 0 saturated heterocycles. The number of hydrogen-bond donors (Lipinski definition) is 2. The molecule has 1 rings (SSSR count). The number of benzene rings is 1. The van der Waals surface area contributed by atoms with E-state index in [1.54, 1.807) is 6.92 Å². The number of methoxy groups -OCH3 is 1. The third kappa shape index (κ3) is 5.08. The molecule has 0 aliphatic rings. The van der Waals surface area contributed by atoms with Crippen LogP contribution in [0.3, 0.4) is 0 Å². The molecule has 0 aliphatic heterocycles. The first-order valence-corrected chi connectivity index (χ1v) is 6.03. The van der Waals surface area contributed by atoms with E-state index in [0.29, 0.717) is 6.61 Å². The standard InChI is InChI=1S/C13H17F3N2O2/c1-9(8-20-2)18-12(19)7-17-11-6-4-3-5-10(11)13(14,15)16/h3-6,9,17H,7-8H2,1-2H3,(H,18,19). The van der Waals surface area contributed by atoms with E-state index in [4.69, 9.17) is 4.74 Å². The summed E-state index contributed by atoms with van der Waals surface area (Å²) >= 11 is 0. The Balaban J connectivity index is 2.60. The van der Waals surface area contributed by atoms with Crippen molar-refractivity contribution in [1.82, 2.24) is 5.32 Å². The van der Waals surface area contributed by atoms with E-state index in [1.165, 1.54) is 25.3 Å². The van der Waals surface area contributed by atoms with Crippen molar-refractivity contribution in [3.63, 3.8) is 0 Å². The van der Waals surface area contributed by atoms with Gasteiger partial charge in [0.15, 0.2) is 0 Å². The number of carbonyl (C=O) groups excluding carboxylic acids is 1. The monoisotopic (exact) mass is 290 g/mol. The molecule has 0 heterocycles. The van der Waals surface area contributed by atoms with Crippen LogP contribution in [0.5, 0.6) is 0 Å². The van der Waals surface area contributed by atoms with Crippen LogP contribution >= 0.6 is 0 Å². The van der Waals surface area contributed by atoms with Crippen molar-refractivity contribution in [3.05, 3.63) is 29.8 Å². The molecule has 1 aromatic carbocycles. The van der Waals surface area contributed by atoms with E-state index in [9.17, 15) is 18.0 Å². The molecule has 0 radical (unpaired) electrons. The number of hydrogen-bond acceptors (Lipinski definition) is 3. The Morgan fingerprint density at radius 2 is 2.00 bits per heavy atom. The maximum Gasteiger partial charge on any atom is 0.418 e. The van der Waals surface area contributed by atoms with Gasteiger partial charge in [0, 0.05) is 18.8 Å². The summed E-state index contributed by atoms with van der Waals surface area (Å²) in [5.41, 5.74) is -0.910. The molecule has 0 aromatic heterocycles. The van der Waals surface area contributed by atoms with Gasteiger partial charge in [-0.05, 0) is 19.1 Å². The van der Waals surface area contributed by atoms with E-state index in [1.807, 2.05) is 0 Å². The van der Waals surface area contributed by atoms with Crippen molar-refractivity contribution < 1.29 is 22.7 Å². The Morgan fingerprint density at radius 3 is 2.60 bits per heavy atom. The first kappa shape index (κ1) is 16.3. The lowest BCUT2D eigenvalue weighted by Gasteiger charge is -2.16. The number of para-hydroxylation sites is 1. The number of nitrogens with one attached hydrogen (secondary N) is 2. The third-order valence-corrected chi connectivity index (χ3v) is 2.50. The summed E-state index contributed by atoms with van der Waals surface area (Å²) in [6.45, 7) is 1.84. The van der Waals surface area contributed by atoms with Gasteiger partial charge in [-0.2, -0.15) is 13.2 Å². The second kappa shape index (κ2) is 7.14. The van der Waals surface area contributed by atoms with Gasteiger partial charge in [-0.3, -0.25) is 4.79 Å². The van der Waals surface area contributed by atoms with E-state index in [0.717, 1.165) is 6.07 Å². The second-order valence-electron chi connectivity index (χ2n) is 4.32. The number of alkyl halides is 3. The Hall–Kier alpha value is -1.76. The van der Waals surface area contributed by atoms with Crippen LogP contribution in [0.1, 0.15) is 12.5 Å². The molecule has 2 N–H and O–H groups in total. The van der Waals surface area contributed by atoms with Gasteiger partial charge in [0.2, 0.25) is 5.91 Å². The lowest BCUT2D eigenvalue weighted by Crippen LogP contribution is -2.39. The van der Waals surface area contributed by atoms with E-state index in [2.05, 4.69) is 10.6 Å². The number of ether oxygens (including phenoxy) is 1. The van der Waals surface area contributed by atoms with Gasteiger partial charge in [0.05, 0.1) is 18.7 Å². The minimum absolute atomic E-state index is 0.116. The molecular weight excluding hydrogens is 273 g/mol. The summed E-state index contributed by atoms with van der Waals surface area (Å²) in [5, 5.41) is 5.10. The highest BCUT2D eigenvalue weighted by Gasteiger charge is 2.33. The molecular formula is C13H17F3N2O2. The van der Waals surface area contributed by atoms with Crippen molar-refractivity contribution >= 4 is 11.6 Å². The lowest BCUT2D eigenvalue weighted by atomic mass is 10.1. The zero-order valence-electron chi connectivity index (χ0n) is 11.3. The lowest BCUT2D eigenvalue weighted by molar-refractivity contribution is -0.137. The van der Waals surface area contributed by atoms with Crippen molar-refractivity contribution in [2.45, 2.75) is 19.1 Å². The molecule has 0 aliphatic carbocycles. The van der Waals surface area contributed by atoms with Crippen LogP contribution in [-0.4, -0.2) is 32.2 Å². The largest absolute Gasteiger partial charge is 0.418 e. The maximum absolute atomic E-state index is 12.7. The minimum atomic E-state index is -4.45. The molecule has 1 amide bonds. The Bertz CT molecular complexity index is 449. The van der Waals surface area contributed by atoms with Gasteiger partial charge in [-0.25, -0.2) is 0 Å². The van der Waals surface area contributed by atoms with Crippen LogP contribution in [0.4, 0.5) is 18.9 Å². The van der Waals surface area contributed by atoms with Crippen molar-refractivity contribution in [3.8, 4) is 0 Å². The van der Waals surface area contributed by atoms with Gasteiger partial charge < -0.3 is 15.4 Å². The van der Waals surface area contributed by atoms with Crippen LogP contribution in [0.2, 0.25) is 0 Å². The van der Waals surface area contributed by atoms with Gasteiger partial charge >= 0.3 is 6.18 Å². The zero-order valence-corrected chi connectivity index (χ0v) is 11.3. The molecule has 4 nitrogen and oxygen atoms in total. The molecule has 0 saturated carbocycles. The topological polar surface area (TPSA) is 50.4 Å². The number of carbonyl (C=O) groups is 1. The first-order chi connectivity index (χ1) is 9.34. The minimum Gasteiger partial charge on any atom is -0.383 e. The van der Waals surface area contributed by atoms with E-state index < -0.39 is 17.6 Å². The Labute approximate surface area is 115 Å². The summed E-state index contributed by atoms with van der Waals surface area (Å²) in [6, 6.07) is 4.83. The maximum atomic E-state index is 12.7. The van der Waals surface area contributed by atoms with Crippen molar-refractivity contribution in [2.75, 3.05) is 25.6 Å². The number of halogens is 3. The summed E-state index contributed by atoms with van der Waals surface area (Å²) in [7, 11) is 1.50. The zero-order chi connectivity index (χ0) is 15.2. The molecule has 7 heteroatoms. The quantitative estimate of drug-likeness (QED) is 0.845. The summed E-state index contributed by atoms with van der Waals surface area (Å²) in [5.74, 6) is -0.397. The average Bonchev–Trinajstić information content (AvgIpc) is 2.36. The fraction of sp³-hybridized carbons (Fsp3) is 0.462. The van der Waals surface area contributed by atoms with Crippen LogP contribution in [-0.2, 0) is 15.7 Å². The molecule has 1 unspecified atom stereocenters. The first-order valence-electron chi connectivity index (χ1n) is 6.03. The molecule has 1 atom stereocenters. The molecule has 20 heavy (non-hydrogen) atoms. The van der Waals surface area contributed by atoms with E-state index in [-0.39, 0.29) is 18.3 Å². The Kier molecular flexibility index (Phi) is 5.82. The fourth-order valence-corrected chi connectivity index (χ4v) is 1.68. The van der Waals surface area contributed by atoms with Gasteiger partial charge in [-0.15, -0.1) is 0 Å². The SMILES string of the molecule is COCC(C)NC(=O)CNc1ccccc1C(F)(F)F. The second-order valence-corrected chi connectivity index (χ2v) is 4.32. The number of anilines is 1. The van der Waals surface area contributed by atoms with Crippen molar-refractivity contribution in [2.24, 2.45) is 0 Å². The average molecular weight is 290 g/mol. The predicted octanol–water partition coefficient (Wildman–Crippen LogP) is 2.27. The number of amides is 1. The smallest absolute Gasteiger partial charge is 0.383 e. The molecule has 0 spiro atoms. The summed E-state index contributed by atoms with van der Waals surface area (Å²) in [6.07, 6.45) is -4.45. The summed E-state index contributed by atoms with van der Waals surface area (Å²) < 4.78 is 43.0. The summed E-state index contributed by atoms with van der Waals surface area (Å²) in [4.78, 5) is 11.6. The van der Waals surface area contributed by atoms with Crippen LogP contribution < -0.4 is 10.6 Å². The highest BCUT2D eigenvalue weighted by molar-refractivity contribution is 5.81. The van der Waals surface area contributed by atoms with E-state index >= 15 is 0 Å². The van der Waals surface area contributed by atoms with Gasteiger partial charge in [0.1, 0.15) is 0 Å².